The number of halogens is 2. The molecule has 0 bridgehead atoms. The van der Waals surface area contributed by atoms with Gasteiger partial charge in [0.1, 0.15) is 0 Å². The fourth-order valence-electron chi connectivity index (χ4n) is 2.12. The lowest BCUT2D eigenvalue weighted by molar-refractivity contribution is 0.214. The van der Waals surface area contributed by atoms with Crippen molar-refractivity contribution >= 4 is 24.8 Å². The Bertz CT molecular complexity index is 293. The van der Waals surface area contributed by atoms with Gasteiger partial charge in [0, 0.05) is 25.7 Å². The molecule has 1 aliphatic rings. The third kappa shape index (κ3) is 5.26. The maximum Gasteiger partial charge on any atom is 0.0237 e. The Morgan fingerprint density at radius 1 is 1.24 bits per heavy atom. The van der Waals surface area contributed by atoms with Crippen molar-refractivity contribution in [2.45, 2.75) is 25.9 Å². The molecule has 2 rings (SSSR count). The molecule has 0 radical (unpaired) electrons. The number of nitrogens with one attached hydrogen (secondary N) is 1. The average molecular weight is 277 g/mol. The van der Waals surface area contributed by atoms with E-state index in [9.17, 15) is 0 Å². The quantitative estimate of drug-likeness (QED) is 0.894. The van der Waals surface area contributed by atoms with Crippen LogP contribution in [0.2, 0.25) is 0 Å². The first-order chi connectivity index (χ1) is 7.36. The third-order valence-corrected chi connectivity index (χ3v) is 3.09. The van der Waals surface area contributed by atoms with Crippen LogP contribution < -0.4 is 5.32 Å². The lowest BCUT2D eigenvalue weighted by atomic mass is 10.2. The van der Waals surface area contributed by atoms with E-state index < -0.39 is 0 Å². The van der Waals surface area contributed by atoms with E-state index in [0.29, 0.717) is 6.04 Å². The molecule has 98 valence electrons. The van der Waals surface area contributed by atoms with Crippen molar-refractivity contribution in [1.29, 1.82) is 0 Å². The molecule has 1 unspecified atom stereocenters. The first kappa shape index (κ1) is 16.7. The molecule has 0 amide bonds. The maximum atomic E-state index is 3.47. The highest BCUT2D eigenvalue weighted by Gasteiger charge is 2.15. The number of hydrogen-bond donors (Lipinski definition) is 1. The summed E-state index contributed by atoms with van der Waals surface area (Å²) >= 11 is 0. The fourth-order valence-corrected chi connectivity index (χ4v) is 2.12. The Labute approximate surface area is 117 Å². The van der Waals surface area contributed by atoms with Gasteiger partial charge in [0.2, 0.25) is 0 Å². The highest BCUT2D eigenvalue weighted by atomic mass is 35.5. The molecule has 2 nitrogen and oxygen atoms in total. The van der Waals surface area contributed by atoms with Crippen molar-refractivity contribution in [3.8, 4) is 0 Å². The summed E-state index contributed by atoms with van der Waals surface area (Å²) in [5.41, 5.74) is 1.42. The molecule has 1 aromatic carbocycles. The van der Waals surface area contributed by atoms with Gasteiger partial charge in [0.15, 0.2) is 0 Å². The second kappa shape index (κ2) is 8.76. The Balaban J connectivity index is 0.00000128. The Morgan fingerprint density at radius 2 is 1.94 bits per heavy atom. The smallest absolute Gasteiger partial charge is 0.0237 e. The first-order valence-electron chi connectivity index (χ1n) is 5.85. The number of benzene rings is 1. The molecule has 0 saturated carbocycles. The van der Waals surface area contributed by atoms with E-state index in [4.69, 9.17) is 0 Å². The van der Waals surface area contributed by atoms with E-state index in [1.807, 2.05) is 0 Å². The molecule has 1 saturated heterocycles. The molecule has 1 heterocycles. The summed E-state index contributed by atoms with van der Waals surface area (Å²) < 4.78 is 0. The summed E-state index contributed by atoms with van der Waals surface area (Å²) in [5, 5.41) is 3.47. The van der Waals surface area contributed by atoms with Gasteiger partial charge in [-0.2, -0.15) is 0 Å². The van der Waals surface area contributed by atoms with E-state index in [1.165, 1.54) is 18.5 Å². The summed E-state index contributed by atoms with van der Waals surface area (Å²) in [5.74, 6) is 0. The normalized spacial score (nSPS) is 20.9. The predicted octanol–water partition coefficient (Wildman–Crippen LogP) is 2.71. The van der Waals surface area contributed by atoms with Gasteiger partial charge in [-0.3, -0.25) is 4.90 Å². The van der Waals surface area contributed by atoms with Crippen LogP contribution in [0.5, 0.6) is 0 Å². The lowest BCUT2D eigenvalue weighted by Crippen LogP contribution is -2.36. The molecule has 0 spiro atoms. The Morgan fingerprint density at radius 3 is 2.65 bits per heavy atom. The van der Waals surface area contributed by atoms with Gasteiger partial charge in [-0.25, -0.2) is 0 Å². The minimum atomic E-state index is 0. The zero-order valence-electron chi connectivity index (χ0n) is 10.3. The highest BCUT2D eigenvalue weighted by Crippen LogP contribution is 2.10. The minimum absolute atomic E-state index is 0. The molecule has 4 heteroatoms. The van der Waals surface area contributed by atoms with Gasteiger partial charge in [-0.15, -0.1) is 24.8 Å². The maximum absolute atomic E-state index is 3.47. The van der Waals surface area contributed by atoms with Crippen LogP contribution >= 0.6 is 24.8 Å². The molecular weight excluding hydrogens is 255 g/mol. The Kier molecular flexibility index (Phi) is 8.61. The van der Waals surface area contributed by atoms with Gasteiger partial charge < -0.3 is 5.32 Å². The third-order valence-electron chi connectivity index (χ3n) is 3.09. The summed E-state index contributed by atoms with van der Waals surface area (Å²) in [6.45, 7) is 6.89. The van der Waals surface area contributed by atoms with Crippen LogP contribution in [0.25, 0.3) is 0 Å². The first-order valence-corrected chi connectivity index (χ1v) is 5.85. The number of rotatable bonds is 2. The summed E-state index contributed by atoms with van der Waals surface area (Å²) in [6.07, 6.45) is 1.26. The summed E-state index contributed by atoms with van der Waals surface area (Å²) in [6, 6.07) is 11.4. The molecule has 17 heavy (non-hydrogen) atoms. The molecule has 1 aromatic rings. The topological polar surface area (TPSA) is 15.3 Å². The minimum Gasteiger partial charge on any atom is -0.315 e. The van der Waals surface area contributed by atoms with Crippen molar-refractivity contribution < 1.29 is 0 Å². The average Bonchev–Trinajstić information content (AvgIpc) is 2.46. The molecule has 1 N–H and O–H groups in total. The molecule has 0 aliphatic carbocycles. The van der Waals surface area contributed by atoms with E-state index in [0.717, 1.165) is 19.6 Å². The van der Waals surface area contributed by atoms with Crippen LogP contribution in [-0.4, -0.2) is 30.6 Å². The molecular formula is C13H22Cl2N2. The van der Waals surface area contributed by atoms with Gasteiger partial charge in [0.25, 0.3) is 0 Å². The fraction of sp³-hybridized carbons (Fsp3) is 0.538. The second-order valence-corrected chi connectivity index (χ2v) is 4.36. The van der Waals surface area contributed by atoms with E-state index in [-0.39, 0.29) is 24.8 Å². The van der Waals surface area contributed by atoms with Crippen molar-refractivity contribution in [1.82, 2.24) is 10.2 Å². The van der Waals surface area contributed by atoms with Crippen LogP contribution in [0.4, 0.5) is 0 Å². The second-order valence-electron chi connectivity index (χ2n) is 4.36. The van der Waals surface area contributed by atoms with E-state index in [2.05, 4.69) is 47.5 Å². The van der Waals surface area contributed by atoms with E-state index >= 15 is 0 Å². The predicted molar refractivity (Wildman–Crippen MR) is 78.3 cm³/mol. The monoisotopic (exact) mass is 276 g/mol. The number of hydrogen-bond acceptors (Lipinski definition) is 2. The van der Waals surface area contributed by atoms with Crippen molar-refractivity contribution in [3.63, 3.8) is 0 Å². The van der Waals surface area contributed by atoms with Crippen LogP contribution in [0.3, 0.4) is 0 Å². The van der Waals surface area contributed by atoms with Gasteiger partial charge in [0.05, 0.1) is 0 Å². The van der Waals surface area contributed by atoms with Crippen molar-refractivity contribution in [3.05, 3.63) is 35.9 Å². The van der Waals surface area contributed by atoms with Crippen LogP contribution in [0.15, 0.2) is 30.3 Å². The molecule has 0 aromatic heterocycles. The van der Waals surface area contributed by atoms with Crippen LogP contribution in [-0.2, 0) is 6.54 Å². The van der Waals surface area contributed by atoms with Crippen molar-refractivity contribution in [2.24, 2.45) is 0 Å². The van der Waals surface area contributed by atoms with Crippen molar-refractivity contribution in [2.75, 3.05) is 19.6 Å². The molecule has 1 aliphatic heterocycles. The molecule has 1 fully saturated rings. The van der Waals surface area contributed by atoms with Crippen LogP contribution in [0.1, 0.15) is 18.9 Å². The van der Waals surface area contributed by atoms with Gasteiger partial charge in [-0.05, 0) is 25.5 Å². The largest absolute Gasteiger partial charge is 0.315 e. The van der Waals surface area contributed by atoms with Crippen LogP contribution in [0, 0.1) is 0 Å². The lowest BCUT2D eigenvalue weighted by Gasteiger charge is -2.26. The summed E-state index contributed by atoms with van der Waals surface area (Å²) in [7, 11) is 0. The summed E-state index contributed by atoms with van der Waals surface area (Å²) in [4.78, 5) is 2.56. The van der Waals surface area contributed by atoms with Gasteiger partial charge >= 0.3 is 0 Å². The molecule has 1 atom stereocenters. The van der Waals surface area contributed by atoms with Gasteiger partial charge in [-0.1, -0.05) is 30.3 Å². The SMILES string of the molecule is CC1CNCCCN1Cc1ccccc1.Cl.Cl. The number of nitrogens with zero attached hydrogens (tertiary/aromatic N) is 1. The standard InChI is InChI=1S/C13H20N2.2ClH/c1-12-10-14-8-5-9-15(12)11-13-6-3-2-4-7-13;;/h2-4,6-7,12,14H,5,8-11H2,1H3;2*1H. The zero-order chi connectivity index (χ0) is 10.5. The van der Waals surface area contributed by atoms with E-state index in [1.54, 1.807) is 0 Å². The highest BCUT2D eigenvalue weighted by molar-refractivity contribution is 5.85. The Hall–Kier alpha value is -0.280. The zero-order valence-corrected chi connectivity index (χ0v) is 11.9.